The fourth-order valence-electron chi connectivity index (χ4n) is 3.53. The Bertz CT molecular complexity index is 302. The lowest BCUT2D eigenvalue weighted by molar-refractivity contribution is -0.146. The van der Waals surface area contributed by atoms with Crippen LogP contribution in [0.3, 0.4) is 0 Å². The van der Waals surface area contributed by atoms with Crippen molar-refractivity contribution in [1.82, 2.24) is 4.90 Å². The number of hydrogen-bond donors (Lipinski definition) is 1. The molecule has 0 radical (unpaired) electrons. The van der Waals surface area contributed by atoms with Gasteiger partial charge in [0.2, 0.25) is 0 Å². The van der Waals surface area contributed by atoms with Crippen LogP contribution in [0.15, 0.2) is 0 Å². The molecule has 1 heterocycles. The van der Waals surface area contributed by atoms with Gasteiger partial charge in [-0.25, -0.2) is 0 Å². The lowest BCUT2D eigenvalue weighted by atomic mass is 9.78. The summed E-state index contributed by atoms with van der Waals surface area (Å²) in [5.74, 6) is -0.201. The van der Waals surface area contributed by atoms with E-state index in [0.717, 1.165) is 38.8 Å². The fourth-order valence-corrected chi connectivity index (χ4v) is 3.53. The number of ether oxygens (including phenoxy) is 1. The van der Waals surface area contributed by atoms with Crippen LogP contribution in [-0.2, 0) is 9.53 Å². The molecule has 4 unspecified atom stereocenters. The van der Waals surface area contributed by atoms with Gasteiger partial charge >= 0.3 is 5.97 Å². The average molecular weight is 269 g/mol. The van der Waals surface area contributed by atoms with Gasteiger partial charge in [-0.15, -0.1) is 0 Å². The number of carboxylic acid groups (broad SMARTS) is 1. The smallest absolute Gasteiger partial charge is 0.308 e. The Balaban J connectivity index is 1.93. The van der Waals surface area contributed by atoms with E-state index in [1.807, 2.05) is 0 Å². The quantitative estimate of drug-likeness (QED) is 0.851. The SMILES string of the molecule is CC1CCC(C(=O)O)C(N(C)CC2CCCCO2)C1. The summed E-state index contributed by atoms with van der Waals surface area (Å²) in [5, 5.41) is 9.39. The number of rotatable bonds is 4. The Hall–Kier alpha value is -0.610. The van der Waals surface area contributed by atoms with E-state index >= 15 is 0 Å². The Labute approximate surface area is 116 Å². The van der Waals surface area contributed by atoms with Gasteiger partial charge in [-0.2, -0.15) is 0 Å². The third kappa shape index (κ3) is 3.93. The average Bonchev–Trinajstić information content (AvgIpc) is 2.39. The van der Waals surface area contributed by atoms with Crippen molar-refractivity contribution < 1.29 is 14.6 Å². The van der Waals surface area contributed by atoms with Gasteiger partial charge < -0.3 is 9.84 Å². The molecule has 2 rings (SSSR count). The van der Waals surface area contributed by atoms with Crippen molar-refractivity contribution in [2.24, 2.45) is 11.8 Å². The second-order valence-electron chi connectivity index (χ2n) is 6.36. The second-order valence-corrected chi connectivity index (χ2v) is 6.36. The molecule has 4 heteroatoms. The number of hydrogen-bond acceptors (Lipinski definition) is 3. The number of likely N-dealkylation sites (N-methyl/N-ethyl adjacent to an activating group) is 1. The maximum Gasteiger partial charge on any atom is 0.308 e. The van der Waals surface area contributed by atoms with Crippen LogP contribution >= 0.6 is 0 Å². The van der Waals surface area contributed by atoms with Crippen molar-refractivity contribution in [3.05, 3.63) is 0 Å². The van der Waals surface area contributed by atoms with E-state index in [-0.39, 0.29) is 12.0 Å². The van der Waals surface area contributed by atoms with E-state index in [4.69, 9.17) is 4.74 Å². The molecule has 19 heavy (non-hydrogen) atoms. The van der Waals surface area contributed by atoms with E-state index in [9.17, 15) is 9.90 Å². The summed E-state index contributed by atoms with van der Waals surface area (Å²) in [7, 11) is 2.07. The van der Waals surface area contributed by atoms with Crippen molar-refractivity contribution >= 4 is 5.97 Å². The Kier molecular flexibility index (Phi) is 5.22. The van der Waals surface area contributed by atoms with Crippen molar-refractivity contribution in [2.75, 3.05) is 20.2 Å². The molecule has 4 atom stereocenters. The van der Waals surface area contributed by atoms with Crippen LogP contribution in [0.5, 0.6) is 0 Å². The van der Waals surface area contributed by atoms with Gasteiger partial charge in [-0.1, -0.05) is 6.92 Å². The molecular formula is C15H27NO3. The Morgan fingerprint density at radius 2 is 2.11 bits per heavy atom. The molecule has 1 saturated heterocycles. The Morgan fingerprint density at radius 3 is 2.74 bits per heavy atom. The molecule has 2 aliphatic rings. The molecule has 1 saturated carbocycles. The molecule has 1 aliphatic heterocycles. The van der Waals surface area contributed by atoms with Crippen LogP contribution in [0.1, 0.15) is 45.4 Å². The lowest BCUT2D eigenvalue weighted by Gasteiger charge is -2.40. The summed E-state index contributed by atoms with van der Waals surface area (Å²) in [6.07, 6.45) is 6.67. The van der Waals surface area contributed by atoms with Crippen LogP contribution < -0.4 is 0 Å². The summed E-state index contributed by atoms with van der Waals surface area (Å²) in [4.78, 5) is 13.7. The van der Waals surface area contributed by atoms with E-state index in [1.54, 1.807) is 0 Å². The normalized spacial score (nSPS) is 36.4. The summed E-state index contributed by atoms with van der Waals surface area (Å²) >= 11 is 0. The lowest BCUT2D eigenvalue weighted by Crippen LogP contribution is -2.48. The zero-order chi connectivity index (χ0) is 13.8. The van der Waals surface area contributed by atoms with Gasteiger partial charge in [0, 0.05) is 19.2 Å². The van der Waals surface area contributed by atoms with Crippen LogP contribution in [0.25, 0.3) is 0 Å². The monoisotopic (exact) mass is 269 g/mol. The molecule has 4 nitrogen and oxygen atoms in total. The van der Waals surface area contributed by atoms with Crippen molar-refractivity contribution in [1.29, 1.82) is 0 Å². The standard InChI is InChI=1S/C15H27NO3/c1-11-6-7-13(15(17)18)14(9-11)16(2)10-12-5-3-4-8-19-12/h11-14H,3-10H2,1-2H3,(H,17,18). The number of aliphatic carboxylic acids is 1. The third-order valence-electron chi connectivity index (χ3n) is 4.73. The molecule has 0 aromatic carbocycles. The predicted octanol–water partition coefficient (Wildman–Crippen LogP) is 2.38. The molecule has 0 spiro atoms. The minimum absolute atomic E-state index is 0.173. The first kappa shape index (κ1) is 14.8. The molecule has 1 N–H and O–H groups in total. The molecule has 110 valence electrons. The van der Waals surface area contributed by atoms with E-state index in [2.05, 4.69) is 18.9 Å². The van der Waals surface area contributed by atoms with E-state index in [1.165, 1.54) is 12.8 Å². The zero-order valence-electron chi connectivity index (χ0n) is 12.2. The van der Waals surface area contributed by atoms with Gasteiger partial charge in [-0.3, -0.25) is 9.69 Å². The molecule has 2 fully saturated rings. The first-order valence-corrected chi connectivity index (χ1v) is 7.62. The van der Waals surface area contributed by atoms with Crippen LogP contribution in [0, 0.1) is 11.8 Å². The molecule has 1 aliphatic carbocycles. The topological polar surface area (TPSA) is 49.8 Å². The van der Waals surface area contributed by atoms with Crippen molar-refractivity contribution in [3.8, 4) is 0 Å². The maximum absolute atomic E-state index is 11.4. The summed E-state index contributed by atoms with van der Waals surface area (Å²) in [6, 6.07) is 0.173. The molecule has 0 aromatic heterocycles. The number of carboxylic acids is 1. The number of carbonyl (C=O) groups is 1. The van der Waals surface area contributed by atoms with Gasteiger partial charge in [0.1, 0.15) is 0 Å². The third-order valence-corrected chi connectivity index (χ3v) is 4.73. The largest absolute Gasteiger partial charge is 0.481 e. The highest BCUT2D eigenvalue weighted by atomic mass is 16.5. The zero-order valence-corrected chi connectivity index (χ0v) is 12.2. The Morgan fingerprint density at radius 1 is 1.32 bits per heavy atom. The van der Waals surface area contributed by atoms with Gasteiger partial charge in [0.05, 0.1) is 12.0 Å². The minimum atomic E-state index is -0.631. The maximum atomic E-state index is 11.4. The highest BCUT2D eigenvalue weighted by Gasteiger charge is 2.36. The van der Waals surface area contributed by atoms with Crippen LogP contribution in [0.4, 0.5) is 0 Å². The number of nitrogens with zero attached hydrogens (tertiary/aromatic N) is 1. The van der Waals surface area contributed by atoms with Gasteiger partial charge in [0.15, 0.2) is 0 Å². The molecular weight excluding hydrogens is 242 g/mol. The predicted molar refractivity (Wildman–Crippen MR) is 74.1 cm³/mol. The van der Waals surface area contributed by atoms with Crippen molar-refractivity contribution in [2.45, 2.75) is 57.6 Å². The van der Waals surface area contributed by atoms with E-state index < -0.39 is 5.97 Å². The van der Waals surface area contributed by atoms with Crippen LogP contribution in [-0.4, -0.2) is 48.3 Å². The molecule has 0 aromatic rings. The second kappa shape index (κ2) is 6.71. The molecule has 0 amide bonds. The van der Waals surface area contributed by atoms with Crippen molar-refractivity contribution in [3.63, 3.8) is 0 Å². The van der Waals surface area contributed by atoms with Gasteiger partial charge in [0.25, 0.3) is 0 Å². The van der Waals surface area contributed by atoms with E-state index in [0.29, 0.717) is 12.0 Å². The summed E-state index contributed by atoms with van der Waals surface area (Å²) in [5.41, 5.74) is 0. The first-order valence-electron chi connectivity index (χ1n) is 7.62. The highest BCUT2D eigenvalue weighted by Crippen LogP contribution is 2.32. The highest BCUT2D eigenvalue weighted by molar-refractivity contribution is 5.71. The van der Waals surface area contributed by atoms with Gasteiger partial charge in [-0.05, 0) is 51.5 Å². The summed E-state index contributed by atoms with van der Waals surface area (Å²) < 4.78 is 5.77. The fraction of sp³-hybridized carbons (Fsp3) is 0.933. The molecule has 0 bridgehead atoms. The van der Waals surface area contributed by atoms with Crippen LogP contribution in [0.2, 0.25) is 0 Å². The first-order chi connectivity index (χ1) is 9.08. The summed E-state index contributed by atoms with van der Waals surface area (Å²) in [6.45, 7) is 3.97. The minimum Gasteiger partial charge on any atom is -0.481 e.